The van der Waals surface area contributed by atoms with Gasteiger partial charge >= 0.3 is 6.03 Å². The highest BCUT2D eigenvalue weighted by atomic mass is 19.3. The molecule has 2 amide bonds. The van der Waals surface area contributed by atoms with Crippen LogP contribution < -0.4 is 15.4 Å². The molecule has 3 rings (SSSR count). The van der Waals surface area contributed by atoms with Crippen molar-refractivity contribution in [1.82, 2.24) is 10.2 Å². The zero-order chi connectivity index (χ0) is 19.4. The van der Waals surface area contributed by atoms with Crippen LogP contribution in [0.2, 0.25) is 0 Å². The third-order valence-electron chi connectivity index (χ3n) is 4.95. The molecule has 2 saturated heterocycles. The van der Waals surface area contributed by atoms with Crippen LogP contribution >= 0.6 is 0 Å². The average molecular weight is 385 g/mol. The van der Waals surface area contributed by atoms with E-state index in [1.807, 2.05) is 4.90 Å². The molecule has 0 aromatic heterocycles. The van der Waals surface area contributed by atoms with Crippen LogP contribution in [0.5, 0.6) is 5.75 Å². The maximum Gasteiger partial charge on any atom is 0.319 e. The molecule has 2 aliphatic rings. The fraction of sp³-hybridized carbons (Fsp3) is 0.611. The smallest absolute Gasteiger partial charge is 0.319 e. The third kappa shape index (κ3) is 5.27. The summed E-state index contributed by atoms with van der Waals surface area (Å²) >= 11 is 0. The van der Waals surface area contributed by atoms with Crippen LogP contribution in [0.15, 0.2) is 24.3 Å². The number of anilines is 1. The number of ether oxygens (including phenoxy) is 2. The minimum absolute atomic E-state index is 0.168. The number of halogens is 2. The fourth-order valence-corrected chi connectivity index (χ4v) is 3.32. The van der Waals surface area contributed by atoms with Crippen molar-refractivity contribution in [3.05, 3.63) is 24.3 Å². The summed E-state index contributed by atoms with van der Waals surface area (Å²) in [5, 5.41) is 15.8. The largest absolute Gasteiger partial charge is 0.497 e. The number of nitrogens with one attached hydrogen (secondary N) is 2. The molecule has 27 heavy (non-hydrogen) atoms. The van der Waals surface area contributed by atoms with Crippen LogP contribution in [-0.4, -0.2) is 73.6 Å². The van der Waals surface area contributed by atoms with Crippen molar-refractivity contribution in [1.29, 1.82) is 0 Å². The van der Waals surface area contributed by atoms with E-state index in [4.69, 9.17) is 9.47 Å². The summed E-state index contributed by atoms with van der Waals surface area (Å²) in [5.74, 6) is -1.99. The number of aliphatic hydroxyl groups excluding tert-OH is 1. The van der Waals surface area contributed by atoms with E-state index >= 15 is 0 Å². The van der Waals surface area contributed by atoms with Gasteiger partial charge in [0.15, 0.2) is 0 Å². The Kier molecular flexibility index (Phi) is 6.13. The van der Waals surface area contributed by atoms with Gasteiger partial charge < -0.3 is 30.1 Å². The summed E-state index contributed by atoms with van der Waals surface area (Å²) in [6.45, 7) is 1.08. The lowest BCUT2D eigenvalue weighted by Crippen LogP contribution is -2.49. The summed E-state index contributed by atoms with van der Waals surface area (Å²) in [6.07, 6.45) is -1.77. The Morgan fingerprint density at radius 3 is 2.85 bits per heavy atom. The molecule has 3 N–H and O–H groups in total. The molecule has 0 radical (unpaired) electrons. The first kappa shape index (κ1) is 19.8. The Labute approximate surface area is 156 Å². The number of hydrogen-bond acceptors (Lipinski definition) is 5. The average Bonchev–Trinajstić information content (AvgIpc) is 2.97. The highest BCUT2D eigenvalue weighted by molar-refractivity contribution is 5.89. The Morgan fingerprint density at radius 2 is 2.15 bits per heavy atom. The van der Waals surface area contributed by atoms with Crippen LogP contribution in [0.3, 0.4) is 0 Å². The van der Waals surface area contributed by atoms with E-state index in [0.717, 1.165) is 0 Å². The number of methoxy groups -OCH3 is 1. The van der Waals surface area contributed by atoms with Crippen LogP contribution in [0.4, 0.5) is 19.3 Å². The first-order valence-corrected chi connectivity index (χ1v) is 8.98. The Hall–Kier alpha value is -1.97. The number of urea groups is 1. The first-order chi connectivity index (χ1) is 12.9. The standard InChI is InChI=1S/C18H25F2N3O4/c1-26-13-4-2-3-12(9-13)21-17(25)22-14-11-27-15(16(14)24)10-23-7-5-18(19,20)6-8-23/h2-4,9,14-16,24H,5-8,10-11H2,1H3,(H2,21,22,25)/t14-,15-,16+/m0/s1. The van der Waals surface area contributed by atoms with Gasteiger partial charge in [-0.25, -0.2) is 13.6 Å². The number of carbonyl (C=O) groups is 1. The van der Waals surface area contributed by atoms with Crippen molar-refractivity contribution in [2.45, 2.75) is 37.0 Å². The molecule has 9 heteroatoms. The minimum atomic E-state index is -2.60. The van der Waals surface area contributed by atoms with E-state index in [1.54, 1.807) is 24.3 Å². The number of nitrogens with zero attached hydrogens (tertiary/aromatic N) is 1. The molecule has 0 spiro atoms. The van der Waals surface area contributed by atoms with Crippen molar-refractivity contribution in [2.75, 3.05) is 38.7 Å². The number of likely N-dealkylation sites (tertiary alicyclic amines) is 1. The van der Waals surface area contributed by atoms with Crippen molar-refractivity contribution in [3.63, 3.8) is 0 Å². The van der Waals surface area contributed by atoms with Crippen molar-refractivity contribution >= 4 is 11.7 Å². The van der Waals surface area contributed by atoms with Gasteiger partial charge in [0, 0.05) is 44.2 Å². The van der Waals surface area contributed by atoms with E-state index in [-0.39, 0.29) is 32.5 Å². The van der Waals surface area contributed by atoms with Gasteiger partial charge in [0.1, 0.15) is 11.9 Å². The van der Waals surface area contributed by atoms with Gasteiger partial charge in [0.2, 0.25) is 0 Å². The lowest BCUT2D eigenvalue weighted by molar-refractivity contribution is -0.0674. The van der Waals surface area contributed by atoms with Crippen LogP contribution in [0.1, 0.15) is 12.8 Å². The summed E-state index contributed by atoms with van der Waals surface area (Å²) in [5.41, 5.74) is 0.561. The molecule has 2 aliphatic heterocycles. The number of alkyl halides is 2. The fourth-order valence-electron chi connectivity index (χ4n) is 3.32. The quantitative estimate of drug-likeness (QED) is 0.718. The van der Waals surface area contributed by atoms with E-state index < -0.39 is 30.2 Å². The van der Waals surface area contributed by atoms with Gasteiger partial charge in [-0.05, 0) is 12.1 Å². The topological polar surface area (TPSA) is 83.1 Å². The van der Waals surface area contributed by atoms with Crippen LogP contribution in [-0.2, 0) is 4.74 Å². The number of piperidine rings is 1. The Balaban J connectivity index is 1.46. The highest BCUT2D eigenvalue weighted by Crippen LogP contribution is 2.28. The number of benzene rings is 1. The number of hydrogen-bond donors (Lipinski definition) is 3. The molecule has 2 fully saturated rings. The zero-order valence-corrected chi connectivity index (χ0v) is 15.2. The molecule has 0 unspecified atom stereocenters. The molecule has 150 valence electrons. The van der Waals surface area contributed by atoms with Gasteiger partial charge in [-0.1, -0.05) is 6.07 Å². The normalized spacial score (nSPS) is 27.9. The lowest BCUT2D eigenvalue weighted by atomic mass is 10.0. The molecule has 1 aromatic carbocycles. The molecule has 0 aliphatic carbocycles. The van der Waals surface area contributed by atoms with Crippen molar-refractivity contribution in [3.8, 4) is 5.75 Å². The van der Waals surface area contributed by atoms with Gasteiger partial charge in [0.25, 0.3) is 5.92 Å². The minimum Gasteiger partial charge on any atom is -0.497 e. The summed E-state index contributed by atoms with van der Waals surface area (Å²) in [4.78, 5) is 14.0. The SMILES string of the molecule is COc1cccc(NC(=O)N[C@H]2CO[C@@H](CN3CCC(F)(F)CC3)[C@@H]2O)c1. The molecule has 3 atom stereocenters. The maximum atomic E-state index is 13.2. The number of aliphatic hydroxyl groups is 1. The second-order valence-electron chi connectivity index (χ2n) is 6.96. The molecule has 1 aromatic rings. The summed E-state index contributed by atoms with van der Waals surface area (Å²) in [6, 6.07) is 5.88. The van der Waals surface area contributed by atoms with Crippen molar-refractivity contribution < 1.29 is 28.2 Å². The van der Waals surface area contributed by atoms with Crippen LogP contribution in [0, 0.1) is 0 Å². The molecule has 2 heterocycles. The number of amides is 2. The molecule has 0 saturated carbocycles. The lowest BCUT2D eigenvalue weighted by Gasteiger charge is -2.33. The summed E-state index contributed by atoms with van der Waals surface area (Å²) in [7, 11) is 1.54. The van der Waals surface area contributed by atoms with E-state index in [1.165, 1.54) is 7.11 Å². The first-order valence-electron chi connectivity index (χ1n) is 8.98. The van der Waals surface area contributed by atoms with E-state index in [2.05, 4.69) is 10.6 Å². The van der Waals surface area contributed by atoms with Gasteiger partial charge in [-0.2, -0.15) is 0 Å². The molecule has 0 bridgehead atoms. The van der Waals surface area contributed by atoms with E-state index in [0.29, 0.717) is 18.0 Å². The molecular weight excluding hydrogens is 360 g/mol. The van der Waals surface area contributed by atoms with Crippen LogP contribution in [0.25, 0.3) is 0 Å². The Bertz CT molecular complexity index is 651. The second kappa shape index (κ2) is 8.37. The monoisotopic (exact) mass is 385 g/mol. The maximum absolute atomic E-state index is 13.2. The number of carbonyl (C=O) groups excluding carboxylic acids is 1. The van der Waals surface area contributed by atoms with E-state index in [9.17, 15) is 18.7 Å². The number of rotatable bonds is 5. The highest BCUT2D eigenvalue weighted by Gasteiger charge is 2.40. The summed E-state index contributed by atoms with van der Waals surface area (Å²) < 4.78 is 37.1. The second-order valence-corrected chi connectivity index (χ2v) is 6.96. The predicted molar refractivity (Wildman–Crippen MR) is 95.3 cm³/mol. The zero-order valence-electron chi connectivity index (χ0n) is 15.2. The Morgan fingerprint density at radius 1 is 1.41 bits per heavy atom. The predicted octanol–water partition coefficient (Wildman–Crippen LogP) is 1.68. The van der Waals surface area contributed by atoms with Crippen molar-refractivity contribution in [2.24, 2.45) is 0 Å². The van der Waals surface area contributed by atoms with Gasteiger partial charge in [0.05, 0.1) is 25.9 Å². The molecular formula is C18H25F2N3O4. The third-order valence-corrected chi connectivity index (χ3v) is 4.95. The molecule has 7 nitrogen and oxygen atoms in total. The van der Waals surface area contributed by atoms with Gasteiger partial charge in [-0.3, -0.25) is 0 Å². The van der Waals surface area contributed by atoms with Gasteiger partial charge in [-0.15, -0.1) is 0 Å².